The van der Waals surface area contributed by atoms with Gasteiger partial charge in [0, 0.05) is 31.2 Å². The Bertz CT molecular complexity index is 1220. The molecule has 0 bridgehead atoms. The van der Waals surface area contributed by atoms with Gasteiger partial charge in [0.05, 0.1) is 29.2 Å². The molecule has 0 spiro atoms. The number of carbonyl (C=O) groups excluding carboxylic acids is 3. The maximum absolute atomic E-state index is 14.3. The number of allylic oxidation sites excluding steroid dienone is 1. The third-order valence-electron chi connectivity index (χ3n) is 5.10. The Hall–Kier alpha value is -3.40. The number of nitrogens with one attached hydrogen (secondary N) is 1. The van der Waals surface area contributed by atoms with Crippen LogP contribution < -0.4 is 0 Å². The van der Waals surface area contributed by atoms with Crippen molar-refractivity contribution in [1.82, 2.24) is 24.8 Å². The Morgan fingerprint density at radius 1 is 1.23 bits per heavy atom. The number of ketones is 1. The number of hydrogen-bond donors (Lipinski definition) is 1. The molecule has 0 saturated carbocycles. The standard InChI is InChI=1S/C21H17BrFN5O3/c1-2-12-11-27(20(30)15-5-3-4-6-24-15)7-8-28(12)21(31)18(29)13-9-25-17-16(13)14(23)10-26-19(17)22/h2-6,9-10,25H,7-8,11H2,1H3/b12-2+. The van der Waals surface area contributed by atoms with Crippen LogP contribution in [0.1, 0.15) is 27.8 Å². The van der Waals surface area contributed by atoms with Gasteiger partial charge in [-0.05, 0) is 35.0 Å². The van der Waals surface area contributed by atoms with Crippen LogP contribution >= 0.6 is 15.9 Å². The zero-order chi connectivity index (χ0) is 22.1. The molecule has 0 atom stereocenters. The first-order chi connectivity index (χ1) is 14.9. The summed E-state index contributed by atoms with van der Waals surface area (Å²) in [5.41, 5.74) is 1.05. The predicted molar refractivity (Wildman–Crippen MR) is 114 cm³/mol. The lowest BCUT2D eigenvalue weighted by molar-refractivity contribution is -0.125. The van der Waals surface area contributed by atoms with Crippen LogP contribution in [0.2, 0.25) is 0 Å². The molecule has 3 aromatic rings. The van der Waals surface area contributed by atoms with E-state index in [0.717, 1.165) is 6.20 Å². The zero-order valence-electron chi connectivity index (χ0n) is 16.4. The van der Waals surface area contributed by atoms with E-state index in [2.05, 4.69) is 30.9 Å². The van der Waals surface area contributed by atoms with Crippen molar-refractivity contribution in [3.63, 3.8) is 0 Å². The summed E-state index contributed by atoms with van der Waals surface area (Å²) in [6.07, 6.45) is 5.51. The average molecular weight is 486 g/mol. The summed E-state index contributed by atoms with van der Waals surface area (Å²) in [7, 11) is 0. The van der Waals surface area contributed by atoms with Crippen LogP contribution in [-0.2, 0) is 4.79 Å². The van der Waals surface area contributed by atoms with Gasteiger partial charge in [-0.3, -0.25) is 19.4 Å². The molecule has 1 N–H and O–H groups in total. The van der Waals surface area contributed by atoms with Crippen molar-refractivity contribution >= 4 is 44.4 Å². The second kappa shape index (κ2) is 8.38. The minimum atomic E-state index is -0.841. The second-order valence-electron chi connectivity index (χ2n) is 6.86. The third-order valence-corrected chi connectivity index (χ3v) is 5.70. The summed E-state index contributed by atoms with van der Waals surface area (Å²) in [6.45, 7) is 2.26. The molecular weight excluding hydrogens is 469 g/mol. The summed E-state index contributed by atoms with van der Waals surface area (Å²) >= 11 is 3.20. The number of nitrogens with zero attached hydrogens (tertiary/aromatic N) is 4. The fourth-order valence-electron chi connectivity index (χ4n) is 3.52. The van der Waals surface area contributed by atoms with Crippen molar-refractivity contribution in [2.24, 2.45) is 0 Å². The number of carbonyl (C=O) groups is 3. The number of aromatic nitrogens is 3. The van der Waals surface area contributed by atoms with E-state index >= 15 is 0 Å². The fraction of sp³-hybridized carbons (Fsp3) is 0.190. The average Bonchev–Trinajstić information content (AvgIpc) is 3.27. The van der Waals surface area contributed by atoms with Gasteiger partial charge in [0.2, 0.25) is 0 Å². The van der Waals surface area contributed by atoms with Crippen molar-refractivity contribution in [2.45, 2.75) is 6.92 Å². The topological polar surface area (TPSA) is 99.3 Å². The highest BCUT2D eigenvalue weighted by molar-refractivity contribution is 9.10. The quantitative estimate of drug-likeness (QED) is 0.349. The molecule has 0 aromatic carbocycles. The molecule has 2 amide bonds. The first-order valence-electron chi connectivity index (χ1n) is 9.45. The number of aromatic amines is 1. The van der Waals surface area contributed by atoms with Crippen LogP contribution in [0.4, 0.5) is 4.39 Å². The first-order valence-corrected chi connectivity index (χ1v) is 10.2. The fourth-order valence-corrected chi connectivity index (χ4v) is 3.94. The lowest BCUT2D eigenvalue weighted by atomic mass is 10.1. The first kappa shape index (κ1) is 20.9. The number of Topliss-reactive ketones (excluding diaryl/α,β-unsaturated/α-hetero) is 1. The number of amides is 2. The SMILES string of the molecule is C/C=C1\CN(C(=O)c2ccccn2)CCN1C(=O)C(=O)c1c[nH]c2c(Br)ncc(F)c12. The molecule has 0 unspecified atom stereocenters. The smallest absolute Gasteiger partial charge is 0.299 e. The molecule has 1 fully saturated rings. The van der Waals surface area contributed by atoms with Crippen LogP contribution in [0.5, 0.6) is 0 Å². The van der Waals surface area contributed by atoms with Crippen LogP contribution in [0.3, 0.4) is 0 Å². The molecule has 3 aromatic heterocycles. The largest absolute Gasteiger partial charge is 0.358 e. The number of rotatable bonds is 3. The van der Waals surface area contributed by atoms with E-state index in [0.29, 0.717) is 21.5 Å². The number of halogens is 2. The Morgan fingerprint density at radius 3 is 2.74 bits per heavy atom. The molecule has 0 aliphatic carbocycles. The maximum atomic E-state index is 14.3. The summed E-state index contributed by atoms with van der Waals surface area (Å²) in [6, 6.07) is 5.07. The van der Waals surface area contributed by atoms with Gasteiger partial charge in [-0.15, -0.1) is 0 Å². The molecule has 158 valence electrons. The highest BCUT2D eigenvalue weighted by Gasteiger charge is 2.33. The number of fused-ring (bicyclic) bond motifs is 1. The van der Waals surface area contributed by atoms with E-state index in [4.69, 9.17) is 0 Å². The monoisotopic (exact) mass is 485 g/mol. The Morgan fingerprint density at radius 2 is 2.03 bits per heavy atom. The zero-order valence-corrected chi connectivity index (χ0v) is 18.0. The Labute approximate surface area is 184 Å². The van der Waals surface area contributed by atoms with Gasteiger partial charge in [-0.25, -0.2) is 9.37 Å². The third kappa shape index (κ3) is 3.74. The van der Waals surface area contributed by atoms with Gasteiger partial charge < -0.3 is 14.8 Å². The van der Waals surface area contributed by atoms with E-state index in [1.165, 1.54) is 17.3 Å². The van der Waals surface area contributed by atoms with E-state index < -0.39 is 17.5 Å². The maximum Gasteiger partial charge on any atom is 0.299 e. The van der Waals surface area contributed by atoms with Crippen molar-refractivity contribution in [3.05, 3.63) is 70.2 Å². The lowest BCUT2D eigenvalue weighted by Gasteiger charge is -2.36. The Kier molecular flexibility index (Phi) is 5.64. The van der Waals surface area contributed by atoms with E-state index in [-0.39, 0.29) is 36.5 Å². The van der Waals surface area contributed by atoms with Crippen molar-refractivity contribution in [2.75, 3.05) is 19.6 Å². The molecule has 4 heterocycles. The molecular formula is C21H17BrFN5O3. The molecule has 10 heteroatoms. The van der Waals surface area contributed by atoms with E-state index in [9.17, 15) is 18.8 Å². The number of H-pyrrole nitrogens is 1. The Balaban J connectivity index is 1.57. The summed E-state index contributed by atoms with van der Waals surface area (Å²) in [4.78, 5) is 52.2. The van der Waals surface area contributed by atoms with Gasteiger partial charge >= 0.3 is 0 Å². The van der Waals surface area contributed by atoms with Crippen molar-refractivity contribution in [3.8, 4) is 0 Å². The molecule has 4 rings (SSSR count). The molecule has 8 nitrogen and oxygen atoms in total. The number of piperazine rings is 1. The summed E-state index contributed by atoms with van der Waals surface area (Å²) in [5.74, 6) is -2.58. The van der Waals surface area contributed by atoms with E-state index in [1.54, 1.807) is 36.1 Å². The van der Waals surface area contributed by atoms with E-state index in [1.807, 2.05) is 0 Å². The summed E-state index contributed by atoms with van der Waals surface area (Å²) < 4.78 is 14.7. The minimum absolute atomic E-state index is 0.00576. The van der Waals surface area contributed by atoms with Gasteiger partial charge in [0.1, 0.15) is 10.3 Å². The molecule has 0 radical (unpaired) electrons. The van der Waals surface area contributed by atoms with Crippen molar-refractivity contribution < 1.29 is 18.8 Å². The lowest BCUT2D eigenvalue weighted by Crippen LogP contribution is -2.50. The molecule has 1 aliphatic heterocycles. The van der Waals surface area contributed by atoms with Crippen LogP contribution in [-0.4, -0.2) is 62.0 Å². The van der Waals surface area contributed by atoms with Gasteiger partial charge in [0.15, 0.2) is 5.82 Å². The normalized spacial score (nSPS) is 15.5. The second-order valence-corrected chi connectivity index (χ2v) is 7.61. The van der Waals surface area contributed by atoms with Gasteiger partial charge in [-0.2, -0.15) is 0 Å². The molecule has 31 heavy (non-hydrogen) atoms. The number of pyridine rings is 2. The highest BCUT2D eigenvalue weighted by Crippen LogP contribution is 2.27. The van der Waals surface area contributed by atoms with Crippen LogP contribution in [0.15, 0.2) is 53.2 Å². The summed E-state index contributed by atoms with van der Waals surface area (Å²) in [5, 5.41) is 0.00576. The molecule has 1 aliphatic rings. The molecule has 1 saturated heterocycles. The minimum Gasteiger partial charge on any atom is -0.358 e. The highest BCUT2D eigenvalue weighted by atomic mass is 79.9. The number of hydrogen-bond acceptors (Lipinski definition) is 5. The van der Waals surface area contributed by atoms with Gasteiger partial charge in [-0.1, -0.05) is 12.1 Å². The van der Waals surface area contributed by atoms with Crippen LogP contribution in [0.25, 0.3) is 10.9 Å². The predicted octanol–water partition coefficient (Wildman–Crippen LogP) is 2.93. The van der Waals surface area contributed by atoms with Crippen LogP contribution in [0, 0.1) is 5.82 Å². The van der Waals surface area contributed by atoms with Gasteiger partial charge in [0.25, 0.3) is 17.6 Å². The van der Waals surface area contributed by atoms with Crippen molar-refractivity contribution in [1.29, 1.82) is 0 Å².